The highest BCUT2D eigenvalue weighted by Crippen LogP contribution is 2.35. The molecule has 1 aliphatic rings. The molecule has 1 fully saturated rings. The molecular formula is C14H18FNO4S. The van der Waals surface area contributed by atoms with E-state index in [9.17, 15) is 17.6 Å². The highest BCUT2D eigenvalue weighted by molar-refractivity contribution is 7.93. The molecule has 0 aromatic heterocycles. The zero-order chi connectivity index (χ0) is 15.6. The number of hydrogen-bond donors (Lipinski definition) is 0. The minimum atomic E-state index is -3.83. The predicted octanol–water partition coefficient (Wildman–Crippen LogP) is 1.93. The first kappa shape index (κ1) is 15.8. The van der Waals surface area contributed by atoms with Gasteiger partial charge in [0.05, 0.1) is 24.0 Å². The smallest absolute Gasteiger partial charge is 0.310 e. The summed E-state index contributed by atoms with van der Waals surface area (Å²) >= 11 is 0. The highest BCUT2D eigenvalue weighted by atomic mass is 32.2. The third-order valence-electron chi connectivity index (χ3n) is 3.91. The van der Waals surface area contributed by atoms with Crippen LogP contribution in [0.2, 0.25) is 0 Å². The van der Waals surface area contributed by atoms with Gasteiger partial charge >= 0.3 is 5.97 Å². The van der Waals surface area contributed by atoms with E-state index in [-0.39, 0.29) is 5.69 Å². The van der Waals surface area contributed by atoms with Gasteiger partial charge in [-0.25, -0.2) is 12.8 Å². The first-order valence-corrected chi connectivity index (χ1v) is 8.20. The molecule has 1 saturated carbocycles. The molecule has 2 rings (SSSR count). The number of benzene rings is 1. The van der Waals surface area contributed by atoms with E-state index in [0.717, 1.165) is 4.31 Å². The van der Waals surface area contributed by atoms with E-state index in [1.54, 1.807) is 6.07 Å². The number of carbonyl (C=O) groups excluding carboxylic acids is 1. The lowest BCUT2D eigenvalue weighted by Crippen LogP contribution is -2.41. The summed E-state index contributed by atoms with van der Waals surface area (Å²) in [5.74, 6) is -1.83. The summed E-state index contributed by atoms with van der Waals surface area (Å²) in [7, 11) is -1.28. The zero-order valence-electron chi connectivity index (χ0n) is 12.0. The van der Waals surface area contributed by atoms with E-state index in [0.29, 0.717) is 19.3 Å². The van der Waals surface area contributed by atoms with Gasteiger partial charge in [0, 0.05) is 7.05 Å². The second kappa shape index (κ2) is 6.01. The van der Waals surface area contributed by atoms with Gasteiger partial charge in [0.25, 0.3) is 0 Å². The molecule has 1 aromatic carbocycles. The van der Waals surface area contributed by atoms with Gasteiger partial charge in [-0.2, -0.15) is 0 Å². The number of anilines is 1. The van der Waals surface area contributed by atoms with E-state index < -0.39 is 33.0 Å². The molecule has 1 aromatic rings. The van der Waals surface area contributed by atoms with Gasteiger partial charge in [-0.1, -0.05) is 18.6 Å². The van der Waals surface area contributed by atoms with Crippen LogP contribution < -0.4 is 4.31 Å². The molecule has 0 N–H and O–H groups in total. The molecule has 116 valence electrons. The minimum absolute atomic E-state index is 0.0204. The van der Waals surface area contributed by atoms with E-state index >= 15 is 0 Å². The van der Waals surface area contributed by atoms with Gasteiger partial charge in [0.2, 0.25) is 10.0 Å². The molecule has 0 heterocycles. The number of halogens is 1. The molecule has 2 unspecified atom stereocenters. The van der Waals surface area contributed by atoms with Crippen LogP contribution in [-0.2, 0) is 19.6 Å². The number of carbonyl (C=O) groups is 1. The molecule has 0 bridgehead atoms. The molecule has 2 atom stereocenters. The largest absolute Gasteiger partial charge is 0.469 e. The standard InChI is InChI=1S/C14H18FNO4S/c1-16(12-8-4-3-7-11(12)15)21(18,19)13-9-5-6-10(13)14(17)20-2/h3-4,7-8,10,13H,5-6,9H2,1-2H3. The Morgan fingerprint density at radius 2 is 2.00 bits per heavy atom. The van der Waals surface area contributed by atoms with Crippen LogP contribution in [0.5, 0.6) is 0 Å². The van der Waals surface area contributed by atoms with Crippen LogP contribution in [0.25, 0.3) is 0 Å². The minimum Gasteiger partial charge on any atom is -0.469 e. The van der Waals surface area contributed by atoms with Crippen LogP contribution in [0.1, 0.15) is 19.3 Å². The predicted molar refractivity (Wildman–Crippen MR) is 76.9 cm³/mol. The summed E-state index contributed by atoms with van der Waals surface area (Å²) < 4.78 is 44.7. The lowest BCUT2D eigenvalue weighted by atomic mass is 10.1. The van der Waals surface area contributed by atoms with Crippen molar-refractivity contribution in [3.8, 4) is 0 Å². The summed E-state index contributed by atoms with van der Waals surface area (Å²) in [6.45, 7) is 0. The topological polar surface area (TPSA) is 63.7 Å². The number of sulfonamides is 1. The Hall–Kier alpha value is -1.63. The third-order valence-corrected chi connectivity index (χ3v) is 6.20. The number of methoxy groups -OCH3 is 1. The Kier molecular flexibility index (Phi) is 4.51. The molecule has 0 amide bonds. The van der Waals surface area contributed by atoms with E-state index in [1.807, 2.05) is 0 Å². The van der Waals surface area contributed by atoms with Crippen molar-refractivity contribution in [3.05, 3.63) is 30.1 Å². The second-order valence-corrected chi connectivity index (χ2v) is 7.25. The maximum Gasteiger partial charge on any atom is 0.310 e. The molecule has 21 heavy (non-hydrogen) atoms. The molecule has 1 aliphatic carbocycles. The Bertz CT molecular complexity index is 632. The normalized spacial score (nSPS) is 22.0. The Morgan fingerprint density at radius 3 is 2.62 bits per heavy atom. The molecule has 7 heteroatoms. The summed E-state index contributed by atoms with van der Waals surface area (Å²) in [6.07, 6.45) is 1.48. The van der Waals surface area contributed by atoms with E-state index in [2.05, 4.69) is 4.74 Å². The molecule has 0 spiro atoms. The fraction of sp³-hybridized carbons (Fsp3) is 0.500. The number of para-hydroxylation sites is 1. The zero-order valence-corrected chi connectivity index (χ0v) is 12.8. The average molecular weight is 315 g/mol. The van der Waals surface area contributed by atoms with Gasteiger partial charge in [-0.05, 0) is 25.0 Å². The van der Waals surface area contributed by atoms with Crippen molar-refractivity contribution < 1.29 is 22.3 Å². The Morgan fingerprint density at radius 1 is 1.33 bits per heavy atom. The molecule has 0 radical (unpaired) electrons. The van der Waals surface area contributed by atoms with Gasteiger partial charge in [-0.3, -0.25) is 9.10 Å². The van der Waals surface area contributed by atoms with Crippen LogP contribution >= 0.6 is 0 Å². The van der Waals surface area contributed by atoms with Crippen LogP contribution in [-0.4, -0.2) is 33.8 Å². The van der Waals surface area contributed by atoms with Crippen molar-refractivity contribution in [1.29, 1.82) is 0 Å². The van der Waals surface area contributed by atoms with Crippen molar-refractivity contribution in [3.63, 3.8) is 0 Å². The Labute approximate surface area is 123 Å². The molecule has 0 aliphatic heterocycles. The van der Waals surface area contributed by atoms with E-state index in [4.69, 9.17) is 0 Å². The van der Waals surface area contributed by atoms with Gasteiger partial charge in [0.15, 0.2) is 0 Å². The first-order valence-electron chi connectivity index (χ1n) is 6.69. The van der Waals surface area contributed by atoms with Crippen molar-refractivity contribution in [2.45, 2.75) is 24.5 Å². The monoisotopic (exact) mass is 315 g/mol. The number of hydrogen-bond acceptors (Lipinski definition) is 4. The Balaban J connectivity index is 2.33. The number of esters is 1. The lowest BCUT2D eigenvalue weighted by Gasteiger charge is -2.26. The van der Waals surface area contributed by atoms with Gasteiger partial charge in [-0.15, -0.1) is 0 Å². The van der Waals surface area contributed by atoms with Crippen LogP contribution in [0.3, 0.4) is 0 Å². The van der Waals surface area contributed by atoms with Crippen molar-refractivity contribution in [2.24, 2.45) is 5.92 Å². The highest BCUT2D eigenvalue weighted by Gasteiger charge is 2.44. The van der Waals surface area contributed by atoms with Crippen molar-refractivity contribution in [2.75, 3.05) is 18.5 Å². The molecule has 0 saturated heterocycles. The fourth-order valence-electron chi connectivity index (χ4n) is 2.75. The average Bonchev–Trinajstić information content (AvgIpc) is 2.96. The second-order valence-electron chi connectivity index (χ2n) is 5.06. The van der Waals surface area contributed by atoms with Crippen LogP contribution in [0, 0.1) is 11.7 Å². The first-order chi connectivity index (χ1) is 9.89. The van der Waals surface area contributed by atoms with Gasteiger partial charge in [0.1, 0.15) is 5.82 Å². The van der Waals surface area contributed by atoms with Crippen LogP contribution in [0.4, 0.5) is 10.1 Å². The maximum atomic E-state index is 13.8. The van der Waals surface area contributed by atoms with E-state index in [1.165, 1.54) is 32.4 Å². The van der Waals surface area contributed by atoms with Crippen molar-refractivity contribution >= 4 is 21.7 Å². The molecular weight excluding hydrogens is 297 g/mol. The number of nitrogens with zero attached hydrogens (tertiary/aromatic N) is 1. The van der Waals surface area contributed by atoms with Gasteiger partial charge < -0.3 is 4.74 Å². The quantitative estimate of drug-likeness (QED) is 0.797. The summed E-state index contributed by atoms with van der Waals surface area (Å²) in [5, 5.41) is -0.866. The van der Waals surface area contributed by atoms with Crippen LogP contribution in [0.15, 0.2) is 24.3 Å². The number of ether oxygens (including phenoxy) is 1. The summed E-state index contributed by atoms with van der Waals surface area (Å²) in [6, 6.07) is 5.66. The molecule has 5 nitrogen and oxygen atoms in total. The SMILES string of the molecule is COC(=O)C1CCCC1S(=O)(=O)N(C)c1ccccc1F. The summed E-state index contributed by atoms with van der Waals surface area (Å²) in [5.41, 5.74) is -0.0204. The lowest BCUT2D eigenvalue weighted by molar-refractivity contribution is -0.145. The fourth-order valence-corrected chi connectivity index (χ4v) is 4.71. The summed E-state index contributed by atoms with van der Waals surface area (Å²) in [4.78, 5) is 11.7. The number of rotatable bonds is 4. The third kappa shape index (κ3) is 2.88. The van der Waals surface area contributed by atoms with Crippen molar-refractivity contribution in [1.82, 2.24) is 0 Å². The maximum absolute atomic E-state index is 13.8.